The SMILES string of the molecule is [C-]#[N+]CN1CCN(C(=O)c2ccccc2)C[C@@H]1C. The molecule has 1 aliphatic rings. The molecule has 1 aromatic rings. The van der Waals surface area contributed by atoms with Crippen molar-refractivity contribution in [3.63, 3.8) is 0 Å². The molecule has 0 aromatic heterocycles. The van der Waals surface area contributed by atoms with Gasteiger partial charge in [-0.25, -0.2) is 11.5 Å². The molecule has 1 saturated heterocycles. The minimum Gasteiger partial charge on any atom is -0.336 e. The van der Waals surface area contributed by atoms with Gasteiger partial charge in [-0.15, -0.1) is 0 Å². The molecule has 0 unspecified atom stereocenters. The highest BCUT2D eigenvalue weighted by Crippen LogP contribution is 2.13. The molecule has 1 aliphatic heterocycles. The highest BCUT2D eigenvalue weighted by molar-refractivity contribution is 5.94. The van der Waals surface area contributed by atoms with Crippen molar-refractivity contribution in [3.8, 4) is 0 Å². The molecular formula is C14H17N3O. The smallest absolute Gasteiger partial charge is 0.271 e. The Hall–Kier alpha value is -1.86. The highest BCUT2D eigenvalue weighted by Gasteiger charge is 2.28. The zero-order valence-corrected chi connectivity index (χ0v) is 10.5. The van der Waals surface area contributed by atoms with E-state index in [4.69, 9.17) is 6.57 Å². The number of amides is 1. The molecule has 4 heteroatoms. The van der Waals surface area contributed by atoms with E-state index in [1.54, 1.807) is 0 Å². The van der Waals surface area contributed by atoms with Crippen molar-refractivity contribution in [1.29, 1.82) is 0 Å². The first kappa shape index (κ1) is 12.6. The molecular weight excluding hydrogens is 226 g/mol. The lowest BCUT2D eigenvalue weighted by atomic mass is 10.1. The first-order valence-corrected chi connectivity index (χ1v) is 6.14. The van der Waals surface area contributed by atoms with Crippen molar-refractivity contribution in [3.05, 3.63) is 47.3 Å². The van der Waals surface area contributed by atoms with Crippen LogP contribution in [0.5, 0.6) is 0 Å². The van der Waals surface area contributed by atoms with Crippen LogP contribution in [0.3, 0.4) is 0 Å². The second-order valence-corrected chi connectivity index (χ2v) is 4.58. The number of benzene rings is 1. The number of carbonyl (C=O) groups is 1. The van der Waals surface area contributed by atoms with Gasteiger partial charge >= 0.3 is 0 Å². The van der Waals surface area contributed by atoms with Crippen LogP contribution in [0, 0.1) is 6.57 Å². The Bertz CT molecular complexity index is 452. The zero-order valence-electron chi connectivity index (χ0n) is 10.5. The van der Waals surface area contributed by atoms with Crippen molar-refractivity contribution >= 4 is 5.91 Å². The average Bonchev–Trinajstić information content (AvgIpc) is 2.41. The molecule has 94 valence electrons. The Labute approximate surface area is 108 Å². The summed E-state index contributed by atoms with van der Waals surface area (Å²) < 4.78 is 0. The molecule has 1 heterocycles. The largest absolute Gasteiger partial charge is 0.336 e. The summed E-state index contributed by atoms with van der Waals surface area (Å²) in [7, 11) is 0. The second kappa shape index (κ2) is 5.65. The van der Waals surface area contributed by atoms with Crippen molar-refractivity contribution in [2.75, 3.05) is 26.3 Å². The van der Waals surface area contributed by atoms with Gasteiger partial charge in [-0.3, -0.25) is 9.64 Å². The molecule has 4 nitrogen and oxygen atoms in total. The van der Waals surface area contributed by atoms with E-state index < -0.39 is 0 Å². The van der Waals surface area contributed by atoms with Crippen LogP contribution >= 0.6 is 0 Å². The minimum atomic E-state index is 0.0879. The monoisotopic (exact) mass is 243 g/mol. The molecule has 0 radical (unpaired) electrons. The number of rotatable bonds is 2. The van der Waals surface area contributed by atoms with E-state index in [1.807, 2.05) is 35.2 Å². The van der Waals surface area contributed by atoms with Crippen LogP contribution in [0.4, 0.5) is 0 Å². The second-order valence-electron chi connectivity index (χ2n) is 4.58. The first-order valence-electron chi connectivity index (χ1n) is 6.14. The fraction of sp³-hybridized carbons (Fsp3) is 0.429. The fourth-order valence-electron chi connectivity index (χ4n) is 2.24. The maximum absolute atomic E-state index is 12.3. The lowest BCUT2D eigenvalue weighted by molar-refractivity contribution is 0.0541. The van der Waals surface area contributed by atoms with E-state index in [-0.39, 0.29) is 11.9 Å². The van der Waals surface area contributed by atoms with Crippen LogP contribution in [-0.2, 0) is 0 Å². The van der Waals surface area contributed by atoms with Gasteiger partial charge in [-0.05, 0) is 19.1 Å². The minimum absolute atomic E-state index is 0.0879. The summed E-state index contributed by atoms with van der Waals surface area (Å²) in [5.74, 6) is 0.0879. The van der Waals surface area contributed by atoms with Crippen molar-refractivity contribution in [2.45, 2.75) is 13.0 Å². The van der Waals surface area contributed by atoms with Gasteiger partial charge in [0.1, 0.15) is 0 Å². The maximum atomic E-state index is 12.3. The van der Waals surface area contributed by atoms with Crippen molar-refractivity contribution < 1.29 is 4.79 Å². The fourth-order valence-corrected chi connectivity index (χ4v) is 2.24. The van der Waals surface area contributed by atoms with Gasteiger partial charge in [0, 0.05) is 31.2 Å². The van der Waals surface area contributed by atoms with E-state index in [2.05, 4.69) is 16.7 Å². The van der Waals surface area contributed by atoms with Gasteiger partial charge in [0.2, 0.25) is 0 Å². The van der Waals surface area contributed by atoms with Gasteiger partial charge in [0.15, 0.2) is 0 Å². The zero-order chi connectivity index (χ0) is 13.0. The van der Waals surface area contributed by atoms with Gasteiger partial charge in [-0.1, -0.05) is 18.2 Å². The molecule has 0 bridgehead atoms. The highest BCUT2D eigenvalue weighted by atomic mass is 16.2. The van der Waals surface area contributed by atoms with Crippen LogP contribution in [0.25, 0.3) is 4.85 Å². The number of piperazine rings is 1. The van der Waals surface area contributed by atoms with E-state index in [0.29, 0.717) is 19.8 Å². The summed E-state index contributed by atoms with van der Waals surface area (Å²) in [4.78, 5) is 19.7. The molecule has 0 N–H and O–H groups in total. The Morgan fingerprint density at radius 2 is 2.11 bits per heavy atom. The van der Waals surface area contributed by atoms with Crippen LogP contribution in [0.15, 0.2) is 30.3 Å². The number of carbonyl (C=O) groups excluding carboxylic acids is 1. The van der Waals surface area contributed by atoms with Gasteiger partial charge < -0.3 is 4.90 Å². The normalized spacial score (nSPS) is 20.4. The first-order chi connectivity index (χ1) is 8.72. The third-order valence-corrected chi connectivity index (χ3v) is 3.33. The predicted octanol–water partition coefficient (Wildman–Crippen LogP) is 1.71. The van der Waals surface area contributed by atoms with E-state index in [1.165, 1.54) is 0 Å². The molecule has 1 fully saturated rings. The van der Waals surface area contributed by atoms with Crippen LogP contribution in [0.1, 0.15) is 17.3 Å². The molecule has 0 spiro atoms. The van der Waals surface area contributed by atoms with Crippen molar-refractivity contribution in [2.24, 2.45) is 0 Å². The molecule has 1 atom stereocenters. The maximum Gasteiger partial charge on any atom is 0.271 e. The summed E-state index contributed by atoms with van der Waals surface area (Å²) in [5.41, 5.74) is 0.739. The quantitative estimate of drug-likeness (QED) is 0.740. The predicted molar refractivity (Wildman–Crippen MR) is 70.0 cm³/mol. The Morgan fingerprint density at radius 3 is 2.72 bits per heavy atom. The van der Waals surface area contributed by atoms with Gasteiger partial charge in [0.05, 0.1) is 0 Å². The molecule has 0 aliphatic carbocycles. The Kier molecular flexibility index (Phi) is 3.96. The summed E-state index contributed by atoms with van der Waals surface area (Å²) in [6.07, 6.45) is 0. The van der Waals surface area contributed by atoms with Crippen molar-refractivity contribution in [1.82, 2.24) is 9.80 Å². The number of hydrogen-bond acceptors (Lipinski definition) is 2. The molecule has 18 heavy (non-hydrogen) atoms. The lowest BCUT2D eigenvalue weighted by Crippen LogP contribution is -2.53. The molecule has 1 amide bonds. The topological polar surface area (TPSA) is 27.9 Å². The average molecular weight is 243 g/mol. The standard InChI is InChI=1S/C14H17N3O/c1-12-10-16(8-9-17(12)11-15-2)14(18)13-6-4-3-5-7-13/h3-7,12H,8-11H2,1H3/t12-/m0/s1. The molecule has 0 saturated carbocycles. The molecule has 2 rings (SSSR count). The summed E-state index contributed by atoms with van der Waals surface area (Å²) in [5, 5.41) is 0. The summed E-state index contributed by atoms with van der Waals surface area (Å²) in [6, 6.07) is 9.61. The number of hydrogen-bond donors (Lipinski definition) is 0. The molecule has 1 aromatic carbocycles. The number of nitrogens with zero attached hydrogens (tertiary/aromatic N) is 3. The Balaban J connectivity index is 2.01. The van der Waals surface area contributed by atoms with Crippen LogP contribution < -0.4 is 0 Å². The lowest BCUT2D eigenvalue weighted by Gasteiger charge is -2.37. The third-order valence-electron chi connectivity index (χ3n) is 3.33. The summed E-state index contributed by atoms with van der Waals surface area (Å²) in [6.45, 7) is 11.6. The Morgan fingerprint density at radius 1 is 1.39 bits per heavy atom. The third kappa shape index (κ3) is 2.69. The van der Waals surface area contributed by atoms with E-state index in [0.717, 1.165) is 12.1 Å². The van der Waals surface area contributed by atoms with Gasteiger partial charge in [-0.2, -0.15) is 0 Å². The van der Waals surface area contributed by atoms with E-state index in [9.17, 15) is 4.79 Å². The van der Waals surface area contributed by atoms with Gasteiger partial charge in [0.25, 0.3) is 12.6 Å². The van der Waals surface area contributed by atoms with E-state index >= 15 is 0 Å². The summed E-state index contributed by atoms with van der Waals surface area (Å²) >= 11 is 0. The van der Waals surface area contributed by atoms with Crippen LogP contribution in [-0.4, -0.2) is 48.1 Å². The van der Waals surface area contributed by atoms with Crippen LogP contribution in [0.2, 0.25) is 0 Å².